The van der Waals surface area contributed by atoms with Crippen molar-refractivity contribution in [2.75, 3.05) is 6.61 Å². The maximum Gasteiger partial charge on any atom is 0.254 e. The Morgan fingerprint density at radius 1 is 1.25 bits per heavy atom. The second-order valence-electron chi connectivity index (χ2n) is 7.06. The van der Waals surface area contributed by atoms with Crippen LogP contribution in [0.1, 0.15) is 56.3 Å². The Morgan fingerprint density at radius 2 is 2.00 bits per heavy atom. The Hall–Kier alpha value is -1.57. The molecule has 130 valence electrons. The van der Waals surface area contributed by atoms with E-state index in [9.17, 15) is 9.90 Å². The highest BCUT2D eigenvalue weighted by Crippen LogP contribution is 2.29. The van der Waals surface area contributed by atoms with Crippen LogP contribution >= 0.6 is 0 Å². The summed E-state index contributed by atoms with van der Waals surface area (Å²) in [6, 6.07) is 3.61. The average Bonchev–Trinajstić information content (AvgIpc) is 2.59. The smallest absolute Gasteiger partial charge is 0.254 e. The van der Waals surface area contributed by atoms with Crippen LogP contribution in [-0.2, 0) is 11.2 Å². The van der Waals surface area contributed by atoms with Crippen molar-refractivity contribution in [3.05, 3.63) is 33.7 Å². The van der Waals surface area contributed by atoms with Gasteiger partial charge < -0.3 is 14.4 Å². The monoisotopic (exact) mass is 329 g/mol. The van der Waals surface area contributed by atoms with Crippen molar-refractivity contribution in [1.82, 2.24) is 4.57 Å². The third kappa shape index (κ3) is 3.58. The second kappa shape index (κ2) is 7.55. The first-order valence-electron chi connectivity index (χ1n) is 9.03. The van der Waals surface area contributed by atoms with Crippen molar-refractivity contribution < 1.29 is 9.84 Å². The highest BCUT2D eigenvalue weighted by atomic mass is 16.5. The van der Waals surface area contributed by atoms with E-state index >= 15 is 0 Å². The number of pyridine rings is 1. The summed E-state index contributed by atoms with van der Waals surface area (Å²) in [5, 5.41) is 10.4. The van der Waals surface area contributed by atoms with Crippen LogP contribution in [0.3, 0.4) is 0 Å². The van der Waals surface area contributed by atoms with E-state index in [1.165, 1.54) is 0 Å². The largest absolute Gasteiger partial charge is 0.391 e. The molecule has 0 aromatic carbocycles. The molecule has 1 N–H and O–H groups in total. The molecule has 2 atom stereocenters. The first-order chi connectivity index (χ1) is 11.6. The maximum absolute atomic E-state index is 12.5. The summed E-state index contributed by atoms with van der Waals surface area (Å²) in [4.78, 5) is 12.5. The van der Waals surface area contributed by atoms with Crippen LogP contribution in [0.5, 0.6) is 0 Å². The van der Waals surface area contributed by atoms with E-state index in [0.29, 0.717) is 18.9 Å². The first kappa shape index (κ1) is 17.3. The van der Waals surface area contributed by atoms with E-state index in [-0.39, 0.29) is 17.7 Å². The van der Waals surface area contributed by atoms with Gasteiger partial charge in [-0.1, -0.05) is 6.07 Å². The van der Waals surface area contributed by atoms with E-state index in [2.05, 4.69) is 11.8 Å². The van der Waals surface area contributed by atoms with Crippen LogP contribution in [0.2, 0.25) is 0 Å². The number of aliphatic hydroxyl groups excluding tert-OH is 1. The predicted octanol–water partition coefficient (Wildman–Crippen LogP) is 2.60. The average molecular weight is 329 g/mol. The van der Waals surface area contributed by atoms with Crippen LogP contribution in [0.4, 0.5) is 0 Å². The number of ether oxygens (including phenoxy) is 1. The van der Waals surface area contributed by atoms with Gasteiger partial charge in [-0.3, -0.25) is 4.79 Å². The molecule has 2 aliphatic rings. The first-order valence-corrected chi connectivity index (χ1v) is 9.03. The van der Waals surface area contributed by atoms with Crippen LogP contribution in [0.25, 0.3) is 0 Å². The summed E-state index contributed by atoms with van der Waals surface area (Å²) < 4.78 is 7.86. The number of fused-ring (bicyclic) bond motifs is 1. The lowest BCUT2D eigenvalue weighted by Crippen LogP contribution is -2.42. The number of aromatic nitrogens is 1. The van der Waals surface area contributed by atoms with E-state index in [0.717, 1.165) is 43.4 Å². The molecule has 2 heterocycles. The van der Waals surface area contributed by atoms with Crippen molar-refractivity contribution in [2.45, 2.75) is 70.6 Å². The number of hydrogen-bond donors (Lipinski definition) is 1. The van der Waals surface area contributed by atoms with Crippen molar-refractivity contribution >= 4 is 0 Å². The summed E-state index contributed by atoms with van der Waals surface area (Å²) in [5.41, 5.74) is 1.73. The van der Waals surface area contributed by atoms with Gasteiger partial charge in [0.1, 0.15) is 0 Å². The van der Waals surface area contributed by atoms with Gasteiger partial charge in [0.15, 0.2) is 0 Å². The highest BCUT2D eigenvalue weighted by molar-refractivity contribution is 5.18. The summed E-state index contributed by atoms with van der Waals surface area (Å²) in [6.45, 7) is 4.13. The maximum atomic E-state index is 12.5. The zero-order valence-corrected chi connectivity index (χ0v) is 14.6. The van der Waals surface area contributed by atoms with Crippen LogP contribution < -0.4 is 5.56 Å². The summed E-state index contributed by atoms with van der Waals surface area (Å²) in [7, 11) is 0. The number of rotatable bonds is 3. The van der Waals surface area contributed by atoms with E-state index in [4.69, 9.17) is 4.74 Å². The van der Waals surface area contributed by atoms with Gasteiger partial charge >= 0.3 is 0 Å². The SMILES string of the molecule is CC#CC1CCC(OC[C@H]2[C@@H](O)CCc3ccc(C)c(=O)n32)CC1. The Kier molecular flexibility index (Phi) is 5.43. The molecule has 0 saturated heterocycles. The Bertz CT molecular complexity index is 689. The molecule has 24 heavy (non-hydrogen) atoms. The van der Waals surface area contributed by atoms with Gasteiger partial charge in [0.2, 0.25) is 0 Å². The predicted molar refractivity (Wildman–Crippen MR) is 94.0 cm³/mol. The zero-order chi connectivity index (χ0) is 17.1. The number of aryl methyl sites for hydroxylation is 2. The fourth-order valence-electron chi connectivity index (χ4n) is 3.92. The van der Waals surface area contributed by atoms with Gasteiger partial charge in [0.05, 0.1) is 24.9 Å². The van der Waals surface area contributed by atoms with Crippen molar-refractivity contribution in [2.24, 2.45) is 5.92 Å². The minimum Gasteiger partial charge on any atom is -0.391 e. The normalized spacial score (nSPS) is 29.5. The molecule has 4 nitrogen and oxygen atoms in total. The van der Waals surface area contributed by atoms with E-state index in [1.807, 2.05) is 26.0 Å². The fraction of sp³-hybridized carbons (Fsp3) is 0.650. The lowest BCUT2D eigenvalue weighted by atomic mass is 9.88. The molecule has 0 spiro atoms. The topological polar surface area (TPSA) is 51.5 Å². The number of hydrogen-bond acceptors (Lipinski definition) is 3. The lowest BCUT2D eigenvalue weighted by Gasteiger charge is -2.34. The number of aliphatic hydroxyl groups is 1. The van der Waals surface area contributed by atoms with Crippen LogP contribution in [-0.4, -0.2) is 28.5 Å². The molecular formula is C20H27NO3. The Labute approximate surface area is 143 Å². The third-order valence-corrected chi connectivity index (χ3v) is 5.39. The number of nitrogens with zero attached hydrogens (tertiary/aromatic N) is 1. The highest BCUT2D eigenvalue weighted by Gasteiger charge is 2.30. The zero-order valence-electron chi connectivity index (χ0n) is 14.6. The molecule has 4 heteroatoms. The van der Waals surface area contributed by atoms with E-state index in [1.54, 1.807) is 4.57 Å². The summed E-state index contributed by atoms with van der Waals surface area (Å²) in [5.74, 6) is 6.76. The van der Waals surface area contributed by atoms with E-state index < -0.39 is 6.10 Å². The van der Waals surface area contributed by atoms with Gasteiger partial charge in [-0.05, 0) is 58.4 Å². The summed E-state index contributed by atoms with van der Waals surface area (Å²) >= 11 is 0. The molecule has 1 aliphatic heterocycles. The van der Waals surface area contributed by atoms with Gasteiger partial charge in [-0.15, -0.1) is 11.8 Å². The molecule has 1 fully saturated rings. The standard InChI is InChI=1S/C20H27NO3/c1-3-4-15-6-10-17(11-7-15)24-13-18-19(22)12-9-16-8-5-14(2)20(23)21(16)18/h5,8,15,17-19,22H,6-7,9-13H2,1-2H3/t15?,17?,18-,19-/m0/s1. The Balaban J connectivity index is 1.67. The van der Waals surface area contributed by atoms with Gasteiger partial charge in [-0.2, -0.15) is 0 Å². The molecule has 1 aromatic rings. The molecule has 1 saturated carbocycles. The van der Waals surface area contributed by atoms with Gasteiger partial charge in [0.25, 0.3) is 5.56 Å². The quantitative estimate of drug-likeness (QED) is 0.867. The van der Waals surface area contributed by atoms with Crippen LogP contribution in [0, 0.1) is 24.7 Å². The van der Waals surface area contributed by atoms with Crippen molar-refractivity contribution in [1.29, 1.82) is 0 Å². The Morgan fingerprint density at radius 3 is 2.71 bits per heavy atom. The molecule has 0 radical (unpaired) electrons. The third-order valence-electron chi connectivity index (χ3n) is 5.39. The molecule has 0 amide bonds. The second-order valence-corrected chi connectivity index (χ2v) is 7.06. The lowest BCUT2D eigenvalue weighted by molar-refractivity contribution is -0.0304. The minimum atomic E-state index is -0.515. The molecular weight excluding hydrogens is 302 g/mol. The van der Waals surface area contributed by atoms with Gasteiger partial charge in [0, 0.05) is 17.2 Å². The van der Waals surface area contributed by atoms with Gasteiger partial charge in [-0.25, -0.2) is 0 Å². The van der Waals surface area contributed by atoms with Crippen molar-refractivity contribution in [3.8, 4) is 11.8 Å². The summed E-state index contributed by atoms with van der Waals surface area (Å²) in [6.07, 6.45) is 5.32. The molecule has 1 aromatic heterocycles. The fourth-order valence-corrected chi connectivity index (χ4v) is 3.92. The molecule has 1 aliphatic carbocycles. The molecule has 0 unspecified atom stereocenters. The van der Waals surface area contributed by atoms with Crippen LogP contribution in [0.15, 0.2) is 16.9 Å². The molecule has 3 rings (SSSR count). The minimum absolute atomic E-state index is 0.00165. The van der Waals surface area contributed by atoms with Crippen molar-refractivity contribution in [3.63, 3.8) is 0 Å². The molecule has 0 bridgehead atoms.